The summed E-state index contributed by atoms with van der Waals surface area (Å²) in [7, 11) is -3.75. The second-order valence-corrected chi connectivity index (χ2v) is 8.39. The minimum atomic E-state index is -3.75. The molecule has 0 bridgehead atoms. The molecule has 0 aromatic heterocycles. The zero-order valence-electron chi connectivity index (χ0n) is 18.5. The van der Waals surface area contributed by atoms with Gasteiger partial charge in [-0.3, -0.25) is 0 Å². The molecule has 0 spiro atoms. The van der Waals surface area contributed by atoms with E-state index < -0.39 is 10.0 Å². The molecule has 2 rings (SSSR count). The van der Waals surface area contributed by atoms with Gasteiger partial charge in [0.25, 0.3) is 0 Å². The maximum absolute atomic E-state index is 11.6. The van der Waals surface area contributed by atoms with Gasteiger partial charge in [0.05, 0.1) is 30.7 Å². The average molecular weight is 449 g/mol. The number of nitrogens with two attached hydrogens (primary N) is 1. The van der Waals surface area contributed by atoms with Gasteiger partial charge in [0.1, 0.15) is 0 Å². The number of primary sulfonamides is 1. The molecule has 0 amide bonds. The van der Waals surface area contributed by atoms with Crippen LogP contribution in [-0.2, 0) is 16.6 Å². The average Bonchev–Trinajstić information content (AvgIpc) is 2.73. The van der Waals surface area contributed by atoms with Crippen LogP contribution in [0.25, 0.3) is 0 Å². The zero-order chi connectivity index (χ0) is 22.9. The second-order valence-electron chi connectivity index (χ2n) is 6.83. The van der Waals surface area contributed by atoms with Gasteiger partial charge in [-0.1, -0.05) is 18.2 Å². The lowest BCUT2D eigenvalue weighted by Gasteiger charge is -2.20. The van der Waals surface area contributed by atoms with Crippen LogP contribution < -0.4 is 25.2 Å². The van der Waals surface area contributed by atoms with E-state index in [0.29, 0.717) is 38.0 Å². The molecule has 1 unspecified atom stereocenters. The van der Waals surface area contributed by atoms with Crippen molar-refractivity contribution >= 4 is 16.0 Å². The molecular formula is C22H32N4O4S. The summed E-state index contributed by atoms with van der Waals surface area (Å²) in [5, 5.41) is 11.8. The first kappa shape index (κ1) is 24.5. The van der Waals surface area contributed by atoms with Crippen LogP contribution in [0, 0.1) is 0 Å². The molecule has 0 aliphatic heterocycles. The largest absolute Gasteiger partial charge is 0.490 e. The molecule has 2 aromatic rings. The minimum Gasteiger partial charge on any atom is -0.490 e. The Labute approximate surface area is 184 Å². The fraction of sp³-hybridized carbons (Fsp3) is 0.409. The van der Waals surface area contributed by atoms with Gasteiger partial charge in [-0.05, 0) is 63.1 Å². The highest BCUT2D eigenvalue weighted by atomic mass is 32.2. The van der Waals surface area contributed by atoms with Crippen LogP contribution in [0.15, 0.2) is 52.4 Å². The fourth-order valence-corrected chi connectivity index (χ4v) is 3.52. The van der Waals surface area contributed by atoms with Crippen LogP contribution in [-0.4, -0.2) is 34.1 Å². The molecule has 0 radical (unpaired) electrons. The third-order valence-electron chi connectivity index (χ3n) is 4.41. The maximum Gasteiger partial charge on any atom is 0.238 e. The minimum absolute atomic E-state index is 0.0524. The van der Waals surface area contributed by atoms with Gasteiger partial charge < -0.3 is 20.1 Å². The predicted molar refractivity (Wildman–Crippen MR) is 123 cm³/mol. The number of hydrogen-bond donors (Lipinski definition) is 3. The zero-order valence-corrected chi connectivity index (χ0v) is 19.3. The number of guanidine groups is 1. The quantitative estimate of drug-likeness (QED) is 0.380. The van der Waals surface area contributed by atoms with Gasteiger partial charge in [0, 0.05) is 6.54 Å². The molecule has 4 N–H and O–H groups in total. The summed E-state index contributed by atoms with van der Waals surface area (Å²) in [5.41, 5.74) is 1.77. The molecule has 0 saturated heterocycles. The molecule has 1 atom stereocenters. The monoisotopic (exact) mass is 448 g/mol. The second kappa shape index (κ2) is 11.6. The Morgan fingerprint density at radius 1 is 1.06 bits per heavy atom. The van der Waals surface area contributed by atoms with Crippen molar-refractivity contribution in [1.82, 2.24) is 10.6 Å². The maximum atomic E-state index is 11.6. The summed E-state index contributed by atoms with van der Waals surface area (Å²) in [6, 6.07) is 12.3. The van der Waals surface area contributed by atoms with Gasteiger partial charge in [0.2, 0.25) is 10.0 Å². The number of benzene rings is 2. The highest BCUT2D eigenvalue weighted by Gasteiger charge is 2.13. The highest BCUT2D eigenvalue weighted by Crippen LogP contribution is 2.30. The topological polar surface area (TPSA) is 115 Å². The smallest absolute Gasteiger partial charge is 0.238 e. The summed E-state index contributed by atoms with van der Waals surface area (Å²) >= 11 is 0. The van der Waals surface area contributed by atoms with E-state index in [0.717, 1.165) is 16.9 Å². The first-order valence-corrected chi connectivity index (χ1v) is 11.9. The number of rotatable bonds is 10. The molecule has 2 aromatic carbocycles. The molecule has 0 aliphatic rings. The lowest BCUT2D eigenvalue weighted by Crippen LogP contribution is -2.38. The van der Waals surface area contributed by atoms with Crippen LogP contribution in [0.5, 0.6) is 11.5 Å². The molecule has 0 aliphatic carbocycles. The van der Waals surface area contributed by atoms with Crippen molar-refractivity contribution in [2.24, 2.45) is 10.1 Å². The van der Waals surface area contributed by atoms with Crippen molar-refractivity contribution in [3.63, 3.8) is 0 Å². The summed E-state index contributed by atoms with van der Waals surface area (Å²) < 4.78 is 34.5. The Balaban J connectivity index is 2.18. The van der Waals surface area contributed by atoms with E-state index in [1.165, 1.54) is 12.1 Å². The molecule has 0 heterocycles. The Morgan fingerprint density at radius 2 is 1.77 bits per heavy atom. The third kappa shape index (κ3) is 7.45. The van der Waals surface area contributed by atoms with Crippen LogP contribution in [0.3, 0.4) is 0 Å². The molecule has 8 nitrogen and oxygen atoms in total. The summed E-state index contributed by atoms with van der Waals surface area (Å²) in [6.45, 7) is 9.98. The van der Waals surface area contributed by atoms with Crippen LogP contribution in [0.1, 0.15) is 44.9 Å². The van der Waals surface area contributed by atoms with Crippen LogP contribution in [0.4, 0.5) is 0 Å². The lowest BCUT2D eigenvalue weighted by atomic mass is 10.1. The van der Waals surface area contributed by atoms with E-state index >= 15 is 0 Å². The van der Waals surface area contributed by atoms with E-state index in [9.17, 15) is 8.42 Å². The molecule has 170 valence electrons. The van der Waals surface area contributed by atoms with E-state index in [4.69, 9.17) is 14.6 Å². The van der Waals surface area contributed by atoms with Crippen molar-refractivity contribution < 1.29 is 17.9 Å². The normalized spacial score (nSPS) is 12.9. The van der Waals surface area contributed by atoms with E-state index in [1.807, 2.05) is 52.0 Å². The van der Waals surface area contributed by atoms with Gasteiger partial charge in [-0.15, -0.1) is 0 Å². The summed E-state index contributed by atoms with van der Waals surface area (Å²) in [5.74, 6) is 2.04. The van der Waals surface area contributed by atoms with Crippen molar-refractivity contribution in [3.05, 3.63) is 53.6 Å². The van der Waals surface area contributed by atoms with E-state index in [-0.39, 0.29) is 10.9 Å². The fourth-order valence-electron chi connectivity index (χ4n) is 2.94. The molecule has 0 fully saturated rings. The number of ether oxygens (including phenoxy) is 2. The van der Waals surface area contributed by atoms with Gasteiger partial charge in [-0.2, -0.15) is 0 Å². The number of nitrogens with zero attached hydrogens (tertiary/aromatic N) is 1. The van der Waals surface area contributed by atoms with Gasteiger partial charge in [0.15, 0.2) is 17.5 Å². The molecule has 9 heteroatoms. The van der Waals surface area contributed by atoms with Crippen molar-refractivity contribution in [2.75, 3.05) is 19.8 Å². The van der Waals surface area contributed by atoms with Crippen LogP contribution in [0.2, 0.25) is 0 Å². The van der Waals surface area contributed by atoms with E-state index in [2.05, 4.69) is 15.6 Å². The summed E-state index contributed by atoms with van der Waals surface area (Å²) in [4.78, 5) is 4.65. The van der Waals surface area contributed by atoms with Crippen molar-refractivity contribution in [3.8, 4) is 11.5 Å². The first-order chi connectivity index (χ1) is 14.8. The van der Waals surface area contributed by atoms with Crippen LogP contribution >= 0.6 is 0 Å². The Morgan fingerprint density at radius 3 is 2.42 bits per heavy atom. The SMILES string of the molecule is CCNC(=NCc1cccc(S(N)(=O)=O)c1)NC(C)c1ccc(OCC)c(OCC)c1. The number of hydrogen-bond acceptors (Lipinski definition) is 5. The standard InChI is InChI=1S/C22H32N4O4S/c1-5-24-22(25-15-17-9-8-10-19(13-17)31(23,27)28)26-16(4)18-11-12-20(29-6-2)21(14-18)30-7-3/h8-14,16H,5-7,15H2,1-4H3,(H2,23,27,28)(H2,24,25,26). The lowest BCUT2D eigenvalue weighted by molar-refractivity contribution is 0.287. The highest BCUT2D eigenvalue weighted by molar-refractivity contribution is 7.89. The number of sulfonamides is 1. The molecule has 0 saturated carbocycles. The third-order valence-corrected chi connectivity index (χ3v) is 5.32. The predicted octanol–water partition coefficient (Wildman–Crippen LogP) is 2.95. The van der Waals surface area contributed by atoms with Crippen molar-refractivity contribution in [2.45, 2.75) is 45.2 Å². The Kier molecular flexibility index (Phi) is 9.14. The van der Waals surface area contributed by atoms with Gasteiger partial charge >= 0.3 is 0 Å². The summed E-state index contributed by atoms with van der Waals surface area (Å²) in [6.07, 6.45) is 0. The molecular weight excluding hydrogens is 416 g/mol. The van der Waals surface area contributed by atoms with Gasteiger partial charge in [-0.25, -0.2) is 18.5 Å². The molecule has 31 heavy (non-hydrogen) atoms. The number of aliphatic imine (C=N–C) groups is 1. The number of nitrogens with one attached hydrogen (secondary N) is 2. The first-order valence-electron chi connectivity index (χ1n) is 10.3. The Bertz CT molecular complexity index is 993. The van der Waals surface area contributed by atoms with Crippen molar-refractivity contribution in [1.29, 1.82) is 0 Å². The van der Waals surface area contributed by atoms with E-state index in [1.54, 1.807) is 6.07 Å². The Hall–Kier alpha value is -2.78.